The van der Waals surface area contributed by atoms with Gasteiger partial charge in [-0.05, 0) is 30.2 Å². The summed E-state index contributed by atoms with van der Waals surface area (Å²) in [7, 11) is 0. The molecule has 140 valence electrons. The molecule has 0 saturated carbocycles. The number of anilines is 1. The van der Waals surface area contributed by atoms with Crippen molar-refractivity contribution < 1.29 is 4.92 Å². The molecule has 0 atom stereocenters. The zero-order chi connectivity index (χ0) is 18.8. The topological polar surface area (TPSA) is 62.5 Å². The lowest BCUT2D eigenvalue weighted by molar-refractivity contribution is -0.384. The summed E-state index contributed by atoms with van der Waals surface area (Å²) in [6.45, 7) is 4.75. The Kier molecular flexibility index (Phi) is 5.24. The van der Waals surface area contributed by atoms with Gasteiger partial charge in [0.2, 0.25) is 0 Å². The minimum atomic E-state index is -0.362. The molecule has 1 aliphatic rings. The SMILES string of the molecule is O=[N+]([O-])c1ccc2nc(N3CCCN(Cc4ccc(Cl)cc4)CC3)sc2c1. The molecular formula is C19H19ClN4O2S. The molecule has 0 amide bonds. The number of non-ortho nitro benzene ring substituents is 1. The number of nitro groups is 1. The van der Waals surface area contributed by atoms with Gasteiger partial charge in [-0.25, -0.2) is 4.98 Å². The van der Waals surface area contributed by atoms with Crippen molar-refractivity contribution >= 4 is 44.0 Å². The Morgan fingerprint density at radius 2 is 1.93 bits per heavy atom. The van der Waals surface area contributed by atoms with Crippen LogP contribution < -0.4 is 4.90 Å². The lowest BCUT2D eigenvalue weighted by atomic mass is 10.2. The van der Waals surface area contributed by atoms with Gasteiger partial charge in [0.05, 0.1) is 15.1 Å². The van der Waals surface area contributed by atoms with Crippen LogP contribution in [0.5, 0.6) is 0 Å². The number of hydrogen-bond acceptors (Lipinski definition) is 6. The molecule has 0 spiro atoms. The molecule has 2 heterocycles. The molecule has 27 heavy (non-hydrogen) atoms. The maximum absolute atomic E-state index is 11.0. The highest BCUT2D eigenvalue weighted by Gasteiger charge is 2.19. The molecule has 1 saturated heterocycles. The number of halogens is 1. The quantitative estimate of drug-likeness (QED) is 0.472. The summed E-state index contributed by atoms with van der Waals surface area (Å²) < 4.78 is 0.862. The van der Waals surface area contributed by atoms with Crippen LogP contribution in [0.2, 0.25) is 5.02 Å². The first-order valence-corrected chi connectivity index (χ1v) is 10.0. The zero-order valence-corrected chi connectivity index (χ0v) is 16.2. The number of thiazole rings is 1. The molecule has 0 radical (unpaired) electrons. The van der Waals surface area contributed by atoms with Gasteiger partial charge in [0, 0.05) is 49.9 Å². The van der Waals surface area contributed by atoms with Gasteiger partial charge in [-0.15, -0.1) is 0 Å². The first-order chi connectivity index (χ1) is 13.1. The van der Waals surface area contributed by atoms with Gasteiger partial charge in [0.25, 0.3) is 5.69 Å². The number of nitro benzene ring substituents is 1. The summed E-state index contributed by atoms with van der Waals surface area (Å²) in [5.41, 5.74) is 2.20. The number of aromatic nitrogens is 1. The van der Waals surface area contributed by atoms with Crippen molar-refractivity contribution in [3.63, 3.8) is 0 Å². The van der Waals surface area contributed by atoms with E-state index in [9.17, 15) is 10.1 Å². The number of hydrogen-bond donors (Lipinski definition) is 0. The number of nitrogens with zero attached hydrogens (tertiary/aromatic N) is 4. The molecule has 6 nitrogen and oxygen atoms in total. The van der Waals surface area contributed by atoms with Gasteiger partial charge in [0.15, 0.2) is 5.13 Å². The average molecular weight is 403 g/mol. The Morgan fingerprint density at radius 3 is 2.70 bits per heavy atom. The van der Waals surface area contributed by atoms with E-state index >= 15 is 0 Å². The second-order valence-electron chi connectivity index (χ2n) is 6.65. The largest absolute Gasteiger partial charge is 0.347 e. The fourth-order valence-electron chi connectivity index (χ4n) is 3.32. The molecule has 1 aliphatic heterocycles. The molecule has 4 rings (SSSR count). The third kappa shape index (κ3) is 4.21. The first kappa shape index (κ1) is 18.2. The first-order valence-electron chi connectivity index (χ1n) is 8.85. The Balaban J connectivity index is 1.45. The van der Waals surface area contributed by atoms with Gasteiger partial charge in [-0.1, -0.05) is 35.1 Å². The van der Waals surface area contributed by atoms with E-state index in [2.05, 4.69) is 26.9 Å². The maximum Gasteiger partial charge on any atom is 0.270 e. The van der Waals surface area contributed by atoms with Crippen molar-refractivity contribution in [2.45, 2.75) is 13.0 Å². The monoisotopic (exact) mass is 402 g/mol. The van der Waals surface area contributed by atoms with Crippen molar-refractivity contribution in [1.29, 1.82) is 0 Å². The molecule has 1 fully saturated rings. The number of fused-ring (bicyclic) bond motifs is 1. The Morgan fingerprint density at radius 1 is 1.11 bits per heavy atom. The van der Waals surface area contributed by atoms with E-state index in [1.807, 2.05) is 12.1 Å². The van der Waals surface area contributed by atoms with Gasteiger partial charge in [0.1, 0.15) is 0 Å². The van der Waals surface area contributed by atoms with Crippen LogP contribution in [0.3, 0.4) is 0 Å². The average Bonchev–Trinajstić information content (AvgIpc) is 2.95. The summed E-state index contributed by atoms with van der Waals surface area (Å²) >= 11 is 7.49. The minimum Gasteiger partial charge on any atom is -0.347 e. The van der Waals surface area contributed by atoms with Crippen molar-refractivity contribution in [3.05, 3.63) is 63.2 Å². The minimum absolute atomic E-state index is 0.114. The van der Waals surface area contributed by atoms with Gasteiger partial charge in [-0.3, -0.25) is 15.0 Å². The number of benzene rings is 2. The van der Waals surface area contributed by atoms with Crippen LogP contribution in [0.15, 0.2) is 42.5 Å². The van der Waals surface area contributed by atoms with E-state index < -0.39 is 0 Å². The lowest BCUT2D eigenvalue weighted by Gasteiger charge is -2.21. The fraction of sp³-hybridized carbons (Fsp3) is 0.316. The van der Waals surface area contributed by atoms with Gasteiger partial charge >= 0.3 is 0 Å². The third-order valence-corrected chi connectivity index (χ3v) is 6.08. The molecule has 1 aromatic heterocycles. The fourth-order valence-corrected chi connectivity index (χ4v) is 4.49. The summed E-state index contributed by atoms with van der Waals surface area (Å²) in [5.74, 6) is 0. The van der Waals surface area contributed by atoms with Crippen molar-refractivity contribution in [1.82, 2.24) is 9.88 Å². The Labute approximate surface area is 166 Å². The van der Waals surface area contributed by atoms with E-state index in [0.717, 1.165) is 59.5 Å². The van der Waals surface area contributed by atoms with Crippen LogP contribution >= 0.6 is 22.9 Å². The highest BCUT2D eigenvalue weighted by Crippen LogP contribution is 2.31. The molecule has 3 aromatic rings. The molecule has 0 aliphatic carbocycles. The number of rotatable bonds is 4. The summed E-state index contributed by atoms with van der Waals surface area (Å²) in [6.07, 6.45) is 1.06. The van der Waals surface area contributed by atoms with Crippen molar-refractivity contribution in [2.24, 2.45) is 0 Å². The van der Waals surface area contributed by atoms with Gasteiger partial charge in [-0.2, -0.15) is 0 Å². The summed E-state index contributed by atoms with van der Waals surface area (Å²) in [5, 5.41) is 12.7. The van der Waals surface area contributed by atoms with Crippen LogP contribution in [0.4, 0.5) is 10.8 Å². The molecule has 2 aromatic carbocycles. The van der Waals surface area contributed by atoms with Crippen LogP contribution in [0.1, 0.15) is 12.0 Å². The lowest BCUT2D eigenvalue weighted by Crippen LogP contribution is -2.30. The molecular weight excluding hydrogens is 384 g/mol. The predicted molar refractivity (Wildman–Crippen MR) is 110 cm³/mol. The summed E-state index contributed by atoms with van der Waals surface area (Å²) in [4.78, 5) is 20.0. The third-order valence-electron chi connectivity index (χ3n) is 4.75. The van der Waals surface area contributed by atoms with E-state index in [-0.39, 0.29) is 10.6 Å². The standard InChI is InChI=1S/C19H19ClN4O2S/c20-15-4-2-14(3-5-15)13-22-8-1-9-23(11-10-22)19-21-17-7-6-16(24(25)26)12-18(17)27-19/h2-7,12H,1,8-11,13H2. The van der Waals surface area contributed by atoms with Crippen LogP contribution in [-0.2, 0) is 6.54 Å². The molecule has 0 N–H and O–H groups in total. The second kappa shape index (κ2) is 7.80. The van der Waals surface area contributed by atoms with E-state index in [4.69, 9.17) is 11.6 Å². The maximum atomic E-state index is 11.0. The smallest absolute Gasteiger partial charge is 0.270 e. The normalized spacial score (nSPS) is 15.8. The zero-order valence-electron chi connectivity index (χ0n) is 14.7. The predicted octanol–water partition coefficient (Wildman–Crippen LogP) is 4.57. The molecule has 0 unspecified atom stereocenters. The van der Waals surface area contributed by atoms with Gasteiger partial charge < -0.3 is 4.90 Å². The van der Waals surface area contributed by atoms with Crippen LogP contribution in [0.25, 0.3) is 10.2 Å². The van der Waals surface area contributed by atoms with E-state index in [1.165, 1.54) is 23.0 Å². The van der Waals surface area contributed by atoms with Crippen molar-refractivity contribution in [3.8, 4) is 0 Å². The van der Waals surface area contributed by atoms with E-state index in [0.29, 0.717) is 0 Å². The molecule has 0 bridgehead atoms. The Bertz CT molecular complexity index is 960. The second-order valence-corrected chi connectivity index (χ2v) is 8.09. The van der Waals surface area contributed by atoms with Crippen LogP contribution in [-0.4, -0.2) is 41.0 Å². The van der Waals surface area contributed by atoms with E-state index in [1.54, 1.807) is 12.1 Å². The Hall–Kier alpha value is -2.22. The van der Waals surface area contributed by atoms with Crippen LogP contribution in [0, 0.1) is 10.1 Å². The summed E-state index contributed by atoms with van der Waals surface area (Å²) in [6, 6.07) is 12.9. The highest BCUT2D eigenvalue weighted by atomic mass is 35.5. The molecule has 8 heteroatoms. The highest BCUT2D eigenvalue weighted by molar-refractivity contribution is 7.22. The van der Waals surface area contributed by atoms with Crippen molar-refractivity contribution in [2.75, 3.05) is 31.1 Å².